The number of halogens is 1. The van der Waals surface area contributed by atoms with E-state index in [0.29, 0.717) is 28.0 Å². The second-order valence-electron chi connectivity index (χ2n) is 4.70. The van der Waals surface area contributed by atoms with Gasteiger partial charge in [-0.05, 0) is 24.6 Å². The third-order valence-electron chi connectivity index (χ3n) is 3.17. The van der Waals surface area contributed by atoms with Gasteiger partial charge in [0.05, 0.1) is 11.1 Å². The summed E-state index contributed by atoms with van der Waals surface area (Å²) in [6, 6.07) is 5.18. The van der Waals surface area contributed by atoms with Crippen LogP contribution in [0, 0.1) is 0 Å². The Hall–Kier alpha value is -1.81. The van der Waals surface area contributed by atoms with Gasteiger partial charge in [0.25, 0.3) is 5.91 Å². The maximum atomic E-state index is 12.2. The summed E-state index contributed by atoms with van der Waals surface area (Å²) >= 11 is 5.99. The number of carbonyl (C=O) groups is 2. The number of nitrogens with zero attached hydrogens (tertiary/aromatic N) is 1. The van der Waals surface area contributed by atoms with Gasteiger partial charge < -0.3 is 5.32 Å². The Balaban J connectivity index is 2.44. The lowest BCUT2D eigenvalue weighted by molar-refractivity contribution is 0.0941. The molecular weight excluding hydrogens is 276 g/mol. The maximum Gasteiger partial charge on any atom is 0.253 e. The highest BCUT2D eigenvalue weighted by Gasteiger charge is 2.16. The van der Waals surface area contributed by atoms with Gasteiger partial charge in [-0.2, -0.15) is 0 Å². The molecule has 0 aliphatic carbocycles. The van der Waals surface area contributed by atoms with Crippen molar-refractivity contribution in [3.05, 3.63) is 35.0 Å². The largest absolute Gasteiger partial charge is 0.352 e. The van der Waals surface area contributed by atoms with Crippen LogP contribution in [-0.4, -0.2) is 22.9 Å². The molecule has 2 aromatic rings. The van der Waals surface area contributed by atoms with Gasteiger partial charge in [0.2, 0.25) is 5.91 Å². The van der Waals surface area contributed by atoms with Crippen molar-refractivity contribution < 1.29 is 9.59 Å². The molecule has 0 atom stereocenters. The lowest BCUT2D eigenvalue weighted by atomic mass is 10.1. The van der Waals surface area contributed by atoms with Crippen molar-refractivity contribution in [1.82, 2.24) is 9.88 Å². The van der Waals surface area contributed by atoms with Crippen LogP contribution < -0.4 is 5.32 Å². The molecule has 106 valence electrons. The summed E-state index contributed by atoms with van der Waals surface area (Å²) < 4.78 is 1.47. The summed E-state index contributed by atoms with van der Waals surface area (Å²) in [7, 11) is 0. The Morgan fingerprint density at radius 1 is 1.35 bits per heavy atom. The zero-order chi connectivity index (χ0) is 14.7. The van der Waals surface area contributed by atoms with Crippen molar-refractivity contribution in [3.8, 4) is 0 Å². The smallest absolute Gasteiger partial charge is 0.253 e. The first-order valence-corrected chi connectivity index (χ1v) is 7.02. The van der Waals surface area contributed by atoms with Crippen molar-refractivity contribution in [2.24, 2.45) is 0 Å². The molecule has 1 N–H and O–H groups in total. The van der Waals surface area contributed by atoms with E-state index in [0.717, 1.165) is 12.8 Å². The fraction of sp³-hybridized carbons (Fsp3) is 0.333. The predicted molar refractivity (Wildman–Crippen MR) is 80.5 cm³/mol. The molecular formula is C15H17ClN2O2. The summed E-state index contributed by atoms with van der Waals surface area (Å²) in [6.45, 7) is 4.16. The molecule has 4 nitrogen and oxygen atoms in total. The standard InChI is InChI=1S/C15H17ClN2O2/c1-3-4-7-17-15(20)13-9-18(10(2)19)14-6-5-11(16)8-12(13)14/h5-6,8-9H,3-4,7H2,1-2H3,(H,17,20). The van der Waals surface area contributed by atoms with E-state index in [2.05, 4.69) is 12.2 Å². The van der Waals surface area contributed by atoms with Crippen LogP contribution in [0.15, 0.2) is 24.4 Å². The highest BCUT2D eigenvalue weighted by molar-refractivity contribution is 6.31. The van der Waals surface area contributed by atoms with E-state index >= 15 is 0 Å². The minimum atomic E-state index is -0.175. The number of carbonyl (C=O) groups excluding carboxylic acids is 2. The Morgan fingerprint density at radius 2 is 2.10 bits per heavy atom. The van der Waals surface area contributed by atoms with E-state index in [1.54, 1.807) is 24.4 Å². The van der Waals surface area contributed by atoms with Crippen molar-refractivity contribution in [1.29, 1.82) is 0 Å². The lowest BCUT2D eigenvalue weighted by Crippen LogP contribution is -2.24. The predicted octanol–water partition coefficient (Wildman–Crippen LogP) is 3.48. The third kappa shape index (κ3) is 2.85. The van der Waals surface area contributed by atoms with Crippen molar-refractivity contribution in [3.63, 3.8) is 0 Å². The quantitative estimate of drug-likeness (QED) is 0.877. The fourth-order valence-electron chi connectivity index (χ4n) is 2.12. The number of benzene rings is 1. The Labute approximate surface area is 122 Å². The normalized spacial score (nSPS) is 10.8. The second-order valence-corrected chi connectivity index (χ2v) is 5.14. The average Bonchev–Trinajstić information content (AvgIpc) is 2.77. The summed E-state index contributed by atoms with van der Waals surface area (Å²) in [4.78, 5) is 23.8. The molecule has 0 fully saturated rings. The average molecular weight is 293 g/mol. The van der Waals surface area contributed by atoms with Crippen LogP contribution in [0.4, 0.5) is 0 Å². The number of hydrogen-bond acceptors (Lipinski definition) is 2. The topological polar surface area (TPSA) is 51.1 Å². The van der Waals surface area contributed by atoms with E-state index in [1.807, 2.05) is 0 Å². The summed E-state index contributed by atoms with van der Waals surface area (Å²) in [6.07, 6.45) is 3.52. The summed E-state index contributed by atoms with van der Waals surface area (Å²) in [5.41, 5.74) is 1.18. The second kappa shape index (κ2) is 6.09. The minimum Gasteiger partial charge on any atom is -0.352 e. The van der Waals surface area contributed by atoms with E-state index < -0.39 is 0 Å². The Kier molecular flexibility index (Phi) is 4.45. The number of hydrogen-bond donors (Lipinski definition) is 1. The first-order valence-electron chi connectivity index (χ1n) is 6.64. The van der Waals surface area contributed by atoms with E-state index in [1.165, 1.54) is 11.5 Å². The molecule has 0 saturated carbocycles. The van der Waals surface area contributed by atoms with Gasteiger partial charge in [-0.1, -0.05) is 24.9 Å². The summed E-state index contributed by atoms with van der Waals surface area (Å²) in [5, 5.41) is 4.10. The third-order valence-corrected chi connectivity index (χ3v) is 3.40. The molecule has 20 heavy (non-hydrogen) atoms. The molecule has 0 radical (unpaired) electrons. The van der Waals surface area contributed by atoms with Crippen molar-refractivity contribution in [2.45, 2.75) is 26.7 Å². The molecule has 1 aromatic carbocycles. The number of aromatic nitrogens is 1. The molecule has 0 aliphatic heterocycles. The van der Waals surface area contributed by atoms with Gasteiger partial charge in [0, 0.05) is 30.1 Å². The van der Waals surface area contributed by atoms with Crippen LogP contribution in [0.3, 0.4) is 0 Å². The van der Waals surface area contributed by atoms with Crippen LogP contribution in [0.2, 0.25) is 5.02 Å². The fourth-order valence-corrected chi connectivity index (χ4v) is 2.29. The molecule has 0 unspecified atom stereocenters. The lowest BCUT2D eigenvalue weighted by Gasteiger charge is -2.02. The number of amides is 1. The van der Waals surface area contributed by atoms with Gasteiger partial charge >= 0.3 is 0 Å². The zero-order valence-corrected chi connectivity index (χ0v) is 12.3. The number of fused-ring (bicyclic) bond motifs is 1. The van der Waals surface area contributed by atoms with Gasteiger partial charge in [0.1, 0.15) is 0 Å². The van der Waals surface area contributed by atoms with Gasteiger partial charge in [-0.25, -0.2) is 0 Å². The minimum absolute atomic E-state index is 0.134. The SMILES string of the molecule is CCCCNC(=O)c1cn(C(C)=O)c2ccc(Cl)cc12. The summed E-state index contributed by atoms with van der Waals surface area (Å²) in [5.74, 6) is -0.310. The molecule has 0 aliphatic rings. The van der Waals surface area contributed by atoms with Crippen LogP contribution in [0.1, 0.15) is 41.8 Å². The van der Waals surface area contributed by atoms with Crippen LogP contribution in [0.5, 0.6) is 0 Å². The Bertz CT molecular complexity index is 661. The van der Waals surface area contributed by atoms with Crippen molar-refractivity contribution in [2.75, 3.05) is 6.54 Å². The molecule has 0 saturated heterocycles. The highest BCUT2D eigenvalue weighted by atomic mass is 35.5. The zero-order valence-electron chi connectivity index (χ0n) is 11.6. The number of nitrogens with one attached hydrogen (secondary N) is 1. The highest BCUT2D eigenvalue weighted by Crippen LogP contribution is 2.25. The molecule has 0 bridgehead atoms. The monoisotopic (exact) mass is 292 g/mol. The number of rotatable bonds is 4. The molecule has 1 amide bonds. The van der Waals surface area contributed by atoms with E-state index in [-0.39, 0.29) is 11.8 Å². The first-order chi connectivity index (χ1) is 9.54. The molecule has 0 spiro atoms. The van der Waals surface area contributed by atoms with Crippen LogP contribution in [-0.2, 0) is 0 Å². The first kappa shape index (κ1) is 14.6. The van der Waals surface area contributed by atoms with E-state index in [9.17, 15) is 9.59 Å². The van der Waals surface area contributed by atoms with Gasteiger partial charge in [0.15, 0.2) is 0 Å². The Morgan fingerprint density at radius 3 is 2.75 bits per heavy atom. The molecule has 1 aromatic heterocycles. The van der Waals surface area contributed by atoms with Crippen LogP contribution >= 0.6 is 11.6 Å². The molecule has 1 heterocycles. The number of unbranched alkanes of at least 4 members (excludes halogenated alkanes) is 1. The van der Waals surface area contributed by atoms with Gasteiger partial charge in [-0.3, -0.25) is 14.2 Å². The van der Waals surface area contributed by atoms with Crippen LogP contribution in [0.25, 0.3) is 10.9 Å². The maximum absolute atomic E-state index is 12.2. The molecule has 2 rings (SSSR count). The molecule has 5 heteroatoms. The van der Waals surface area contributed by atoms with Gasteiger partial charge in [-0.15, -0.1) is 0 Å². The van der Waals surface area contributed by atoms with Crippen molar-refractivity contribution >= 4 is 34.3 Å². The van der Waals surface area contributed by atoms with E-state index in [4.69, 9.17) is 11.6 Å².